The van der Waals surface area contributed by atoms with Crippen LogP contribution in [-0.4, -0.2) is 34.8 Å². The van der Waals surface area contributed by atoms with E-state index in [1.165, 1.54) is 17.8 Å². The molecular formula is C22H20ClN3O2S. The summed E-state index contributed by atoms with van der Waals surface area (Å²) in [6.07, 6.45) is 3.28. The second-order valence-corrected chi connectivity index (χ2v) is 8.17. The molecule has 1 saturated heterocycles. The van der Waals surface area contributed by atoms with Crippen LogP contribution in [0.2, 0.25) is 5.02 Å². The standard InChI is InChI=1S/C22H20ClN3O2S/c23-18-7-3-2-6-17(18)19-14-29-22(24-19)25-20(27)15-8-10-16(11-9-15)21(28)26-12-4-1-5-13-26/h2-3,6-11,14H,1,4-5,12-13H2,(H,24,25,27). The van der Waals surface area contributed by atoms with Gasteiger partial charge in [0.2, 0.25) is 0 Å². The van der Waals surface area contributed by atoms with Crippen molar-refractivity contribution >= 4 is 39.9 Å². The van der Waals surface area contributed by atoms with E-state index in [1.54, 1.807) is 30.3 Å². The molecule has 1 aromatic heterocycles. The van der Waals surface area contributed by atoms with Crippen LogP contribution in [0.3, 0.4) is 0 Å². The largest absolute Gasteiger partial charge is 0.339 e. The number of hydrogen-bond donors (Lipinski definition) is 1. The molecule has 0 spiro atoms. The lowest BCUT2D eigenvalue weighted by Gasteiger charge is -2.26. The Bertz CT molecular complexity index is 1030. The van der Waals surface area contributed by atoms with E-state index >= 15 is 0 Å². The minimum atomic E-state index is -0.262. The van der Waals surface area contributed by atoms with E-state index in [0.717, 1.165) is 37.2 Å². The summed E-state index contributed by atoms with van der Waals surface area (Å²) in [7, 11) is 0. The third kappa shape index (κ3) is 4.49. The van der Waals surface area contributed by atoms with Crippen LogP contribution in [0.1, 0.15) is 40.0 Å². The molecule has 1 N–H and O–H groups in total. The number of piperidine rings is 1. The van der Waals surface area contributed by atoms with Gasteiger partial charge in [0.25, 0.3) is 11.8 Å². The van der Waals surface area contributed by atoms with Crippen LogP contribution in [0.4, 0.5) is 5.13 Å². The Morgan fingerprint density at radius 2 is 1.66 bits per heavy atom. The molecule has 0 bridgehead atoms. The Balaban J connectivity index is 1.42. The lowest BCUT2D eigenvalue weighted by atomic mass is 10.1. The van der Waals surface area contributed by atoms with Crippen LogP contribution in [0, 0.1) is 0 Å². The van der Waals surface area contributed by atoms with E-state index in [1.807, 2.05) is 28.5 Å². The minimum absolute atomic E-state index is 0.0287. The summed E-state index contributed by atoms with van der Waals surface area (Å²) in [6.45, 7) is 1.61. The number of thiazole rings is 1. The quantitative estimate of drug-likeness (QED) is 0.613. The van der Waals surface area contributed by atoms with Gasteiger partial charge in [-0.2, -0.15) is 0 Å². The number of carbonyl (C=O) groups is 2. The van der Waals surface area contributed by atoms with Crippen LogP contribution in [-0.2, 0) is 0 Å². The molecule has 1 fully saturated rings. The molecule has 4 rings (SSSR count). The van der Waals surface area contributed by atoms with Gasteiger partial charge >= 0.3 is 0 Å². The first-order valence-electron chi connectivity index (χ1n) is 9.53. The number of nitrogens with zero attached hydrogens (tertiary/aromatic N) is 2. The Kier molecular flexibility index (Phi) is 5.92. The Hall–Kier alpha value is -2.70. The number of benzene rings is 2. The molecule has 0 atom stereocenters. The molecule has 3 aromatic rings. The molecule has 1 aliphatic rings. The highest BCUT2D eigenvalue weighted by molar-refractivity contribution is 7.14. The average molecular weight is 426 g/mol. The van der Waals surface area contributed by atoms with Crippen molar-refractivity contribution in [3.05, 3.63) is 70.1 Å². The van der Waals surface area contributed by atoms with Crippen LogP contribution in [0.15, 0.2) is 53.9 Å². The molecule has 5 nitrogen and oxygen atoms in total. The summed E-state index contributed by atoms with van der Waals surface area (Å²) in [4.78, 5) is 31.4. The molecular weight excluding hydrogens is 406 g/mol. The maximum absolute atomic E-state index is 12.5. The number of nitrogens with one attached hydrogen (secondary N) is 1. The van der Waals surface area contributed by atoms with Crippen molar-refractivity contribution in [2.45, 2.75) is 19.3 Å². The predicted molar refractivity (Wildman–Crippen MR) is 117 cm³/mol. The highest BCUT2D eigenvalue weighted by Gasteiger charge is 2.18. The van der Waals surface area contributed by atoms with E-state index in [9.17, 15) is 9.59 Å². The first-order valence-corrected chi connectivity index (χ1v) is 10.8. The van der Waals surface area contributed by atoms with Gasteiger partial charge in [0, 0.05) is 40.2 Å². The molecule has 2 aromatic carbocycles. The first kappa shape index (κ1) is 19.6. The van der Waals surface area contributed by atoms with Crippen molar-refractivity contribution in [2.24, 2.45) is 0 Å². The summed E-state index contributed by atoms with van der Waals surface area (Å²) < 4.78 is 0. The van der Waals surface area contributed by atoms with Crippen LogP contribution < -0.4 is 5.32 Å². The fourth-order valence-corrected chi connectivity index (χ4v) is 4.27. The van der Waals surface area contributed by atoms with Crippen molar-refractivity contribution < 1.29 is 9.59 Å². The molecule has 2 heterocycles. The monoisotopic (exact) mass is 425 g/mol. The molecule has 1 aliphatic heterocycles. The second kappa shape index (κ2) is 8.76. The van der Waals surface area contributed by atoms with Gasteiger partial charge < -0.3 is 4.90 Å². The molecule has 29 heavy (non-hydrogen) atoms. The lowest BCUT2D eigenvalue weighted by Crippen LogP contribution is -2.35. The number of rotatable bonds is 4. The van der Waals surface area contributed by atoms with Gasteiger partial charge in [0.1, 0.15) is 0 Å². The van der Waals surface area contributed by atoms with E-state index in [-0.39, 0.29) is 11.8 Å². The normalized spacial score (nSPS) is 13.9. The first-order chi connectivity index (χ1) is 14.1. The van der Waals surface area contributed by atoms with E-state index < -0.39 is 0 Å². The van der Waals surface area contributed by atoms with E-state index in [2.05, 4.69) is 10.3 Å². The SMILES string of the molecule is O=C(Nc1nc(-c2ccccc2Cl)cs1)c1ccc(C(=O)N2CCCCC2)cc1. The molecule has 2 amide bonds. The van der Waals surface area contributed by atoms with Gasteiger partial charge in [0.15, 0.2) is 5.13 Å². The maximum Gasteiger partial charge on any atom is 0.257 e. The van der Waals surface area contributed by atoms with Crippen molar-refractivity contribution in [3.63, 3.8) is 0 Å². The summed E-state index contributed by atoms with van der Waals surface area (Å²) in [6, 6.07) is 14.2. The van der Waals surface area contributed by atoms with Crippen LogP contribution in [0.25, 0.3) is 11.3 Å². The highest BCUT2D eigenvalue weighted by Crippen LogP contribution is 2.30. The number of halogens is 1. The lowest BCUT2D eigenvalue weighted by molar-refractivity contribution is 0.0724. The average Bonchev–Trinajstić information content (AvgIpc) is 3.22. The topological polar surface area (TPSA) is 62.3 Å². The molecule has 0 saturated carbocycles. The van der Waals surface area contributed by atoms with E-state index in [4.69, 9.17) is 11.6 Å². The van der Waals surface area contributed by atoms with Crippen molar-refractivity contribution in [3.8, 4) is 11.3 Å². The van der Waals surface area contributed by atoms with Crippen molar-refractivity contribution in [1.29, 1.82) is 0 Å². The minimum Gasteiger partial charge on any atom is -0.339 e. The summed E-state index contributed by atoms with van der Waals surface area (Å²) in [5.41, 5.74) is 2.64. The third-order valence-corrected chi connectivity index (χ3v) is 6.00. The van der Waals surface area contributed by atoms with Crippen LogP contribution in [0.5, 0.6) is 0 Å². The Labute approximate surface area is 178 Å². The van der Waals surface area contributed by atoms with Gasteiger partial charge in [-0.05, 0) is 49.6 Å². The zero-order valence-corrected chi connectivity index (χ0v) is 17.3. The molecule has 0 aliphatic carbocycles. The predicted octanol–water partition coefficient (Wildman–Crippen LogP) is 5.34. The Morgan fingerprint density at radius 1 is 0.966 bits per heavy atom. The third-order valence-electron chi connectivity index (χ3n) is 4.91. The summed E-state index contributed by atoms with van der Waals surface area (Å²) in [5.74, 6) is -0.233. The number of anilines is 1. The molecule has 0 unspecified atom stereocenters. The zero-order chi connectivity index (χ0) is 20.2. The van der Waals surface area contributed by atoms with E-state index in [0.29, 0.717) is 21.3 Å². The van der Waals surface area contributed by atoms with Gasteiger partial charge in [-0.15, -0.1) is 11.3 Å². The number of hydrogen-bond acceptors (Lipinski definition) is 4. The van der Waals surface area contributed by atoms with Crippen molar-refractivity contribution in [1.82, 2.24) is 9.88 Å². The number of likely N-dealkylation sites (tertiary alicyclic amines) is 1. The highest BCUT2D eigenvalue weighted by atomic mass is 35.5. The Morgan fingerprint density at radius 3 is 2.38 bits per heavy atom. The number of aromatic nitrogens is 1. The van der Waals surface area contributed by atoms with Crippen molar-refractivity contribution in [2.75, 3.05) is 18.4 Å². The number of carbonyl (C=O) groups excluding carboxylic acids is 2. The smallest absolute Gasteiger partial charge is 0.257 e. The fourth-order valence-electron chi connectivity index (χ4n) is 3.34. The van der Waals surface area contributed by atoms with Gasteiger partial charge in [-0.25, -0.2) is 4.98 Å². The fraction of sp³-hybridized carbons (Fsp3) is 0.227. The molecule has 0 radical (unpaired) electrons. The van der Waals surface area contributed by atoms with Gasteiger partial charge in [-0.3, -0.25) is 14.9 Å². The summed E-state index contributed by atoms with van der Waals surface area (Å²) >= 11 is 7.55. The summed E-state index contributed by atoms with van der Waals surface area (Å²) in [5, 5.41) is 5.78. The molecule has 148 valence electrons. The van der Waals surface area contributed by atoms with Crippen LogP contribution >= 0.6 is 22.9 Å². The zero-order valence-electron chi connectivity index (χ0n) is 15.7. The second-order valence-electron chi connectivity index (χ2n) is 6.90. The number of amides is 2. The van der Waals surface area contributed by atoms with Gasteiger partial charge in [-0.1, -0.05) is 29.8 Å². The maximum atomic E-state index is 12.5. The van der Waals surface area contributed by atoms with Gasteiger partial charge in [0.05, 0.1) is 5.69 Å². The molecule has 7 heteroatoms.